The molecule has 1 fully saturated rings. The van der Waals surface area contributed by atoms with Crippen LogP contribution in [-0.4, -0.2) is 23.0 Å². The molecule has 0 bridgehead atoms. The standard InChI is InChI=1S/C17H10F2N2O4/c18-8-1-2-10-11(5-8)17(15(24)20-16(25)21-17)12-6-9(19)3-7(14(10)12)4-13(22)23/h1-3,5-6H,4H2,(H,22,23)(H2,20,21,24,25). The molecule has 0 aromatic heterocycles. The maximum atomic E-state index is 14.1. The zero-order chi connectivity index (χ0) is 17.9. The molecule has 1 heterocycles. The van der Waals surface area contributed by atoms with Crippen LogP contribution in [0.3, 0.4) is 0 Å². The molecule has 1 saturated heterocycles. The molecule has 1 atom stereocenters. The summed E-state index contributed by atoms with van der Waals surface area (Å²) in [5.41, 5.74) is -0.711. The Kier molecular flexibility index (Phi) is 2.96. The van der Waals surface area contributed by atoms with Crippen molar-refractivity contribution in [3.8, 4) is 11.1 Å². The third-order valence-corrected chi connectivity index (χ3v) is 4.45. The predicted molar refractivity (Wildman–Crippen MR) is 80.6 cm³/mol. The number of carboxylic acids is 1. The molecule has 25 heavy (non-hydrogen) atoms. The summed E-state index contributed by atoms with van der Waals surface area (Å²) in [6, 6.07) is 4.96. The average molecular weight is 344 g/mol. The minimum Gasteiger partial charge on any atom is -0.481 e. The molecule has 1 aliphatic carbocycles. The van der Waals surface area contributed by atoms with Crippen molar-refractivity contribution in [2.45, 2.75) is 12.0 Å². The van der Waals surface area contributed by atoms with E-state index in [2.05, 4.69) is 10.6 Å². The van der Waals surface area contributed by atoms with Crippen molar-refractivity contribution in [3.05, 3.63) is 58.7 Å². The van der Waals surface area contributed by atoms with Crippen LogP contribution in [0.25, 0.3) is 11.1 Å². The van der Waals surface area contributed by atoms with Crippen molar-refractivity contribution in [2.75, 3.05) is 0 Å². The predicted octanol–water partition coefficient (Wildman–Crippen LogP) is 1.66. The molecular formula is C17H10F2N2O4. The number of aliphatic carboxylic acids is 1. The number of amides is 3. The molecule has 4 rings (SSSR count). The van der Waals surface area contributed by atoms with Gasteiger partial charge in [-0.2, -0.15) is 0 Å². The van der Waals surface area contributed by atoms with Crippen LogP contribution in [0.2, 0.25) is 0 Å². The summed E-state index contributed by atoms with van der Waals surface area (Å²) in [7, 11) is 0. The molecule has 6 nitrogen and oxygen atoms in total. The van der Waals surface area contributed by atoms with Gasteiger partial charge < -0.3 is 10.4 Å². The Morgan fingerprint density at radius 3 is 2.44 bits per heavy atom. The Morgan fingerprint density at radius 2 is 1.80 bits per heavy atom. The monoisotopic (exact) mass is 344 g/mol. The Bertz CT molecular complexity index is 989. The van der Waals surface area contributed by atoms with E-state index in [4.69, 9.17) is 5.11 Å². The number of carbonyl (C=O) groups excluding carboxylic acids is 2. The van der Waals surface area contributed by atoms with Crippen molar-refractivity contribution >= 4 is 17.9 Å². The van der Waals surface area contributed by atoms with Crippen LogP contribution in [-0.2, 0) is 21.5 Å². The molecule has 3 N–H and O–H groups in total. The number of hydrogen-bond acceptors (Lipinski definition) is 3. The highest BCUT2D eigenvalue weighted by molar-refractivity contribution is 6.13. The van der Waals surface area contributed by atoms with E-state index in [0.717, 1.165) is 24.3 Å². The zero-order valence-corrected chi connectivity index (χ0v) is 12.5. The van der Waals surface area contributed by atoms with Crippen molar-refractivity contribution < 1.29 is 28.3 Å². The van der Waals surface area contributed by atoms with Gasteiger partial charge in [0.05, 0.1) is 6.42 Å². The number of urea groups is 1. The normalized spacial score (nSPS) is 20.2. The van der Waals surface area contributed by atoms with Gasteiger partial charge in [0.15, 0.2) is 5.54 Å². The Hall–Kier alpha value is -3.29. The van der Waals surface area contributed by atoms with Gasteiger partial charge >= 0.3 is 12.0 Å². The van der Waals surface area contributed by atoms with Crippen molar-refractivity contribution in [1.29, 1.82) is 0 Å². The molecule has 0 saturated carbocycles. The number of nitrogens with one attached hydrogen (secondary N) is 2. The van der Waals surface area contributed by atoms with Gasteiger partial charge in [-0.3, -0.25) is 14.9 Å². The summed E-state index contributed by atoms with van der Waals surface area (Å²) >= 11 is 0. The van der Waals surface area contributed by atoms with Crippen LogP contribution < -0.4 is 10.6 Å². The second-order valence-electron chi connectivity index (χ2n) is 5.91. The van der Waals surface area contributed by atoms with Gasteiger partial charge in [-0.05, 0) is 41.0 Å². The van der Waals surface area contributed by atoms with Gasteiger partial charge in [0.25, 0.3) is 5.91 Å². The van der Waals surface area contributed by atoms with Crippen LogP contribution >= 0.6 is 0 Å². The van der Waals surface area contributed by atoms with Crippen LogP contribution in [0.1, 0.15) is 16.7 Å². The summed E-state index contributed by atoms with van der Waals surface area (Å²) < 4.78 is 27.9. The first-order valence-electron chi connectivity index (χ1n) is 7.31. The average Bonchev–Trinajstić information content (AvgIpc) is 2.95. The van der Waals surface area contributed by atoms with Gasteiger partial charge in [0.2, 0.25) is 0 Å². The molecule has 1 unspecified atom stereocenters. The number of carbonyl (C=O) groups is 3. The maximum Gasteiger partial charge on any atom is 0.322 e. The van der Waals surface area contributed by atoms with Crippen molar-refractivity contribution in [3.63, 3.8) is 0 Å². The molecule has 8 heteroatoms. The van der Waals surface area contributed by atoms with Crippen LogP contribution in [0.15, 0.2) is 30.3 Å². The van der Waals surface area contributed by atoms with E-state index in [9.17, 15) is 23.2 Å². The van der Waals surface area contributed by atoms with Gasteiger partial charge in [-0.25, -0.2) is 13.6 Å². The number of hydrogen-bond donors (Lipinski definition) is 3. The van der Waals surface area contributed by atoms with Crippen LogP contribution in [0.4, 0.5) is 13.6 Å². The largest absolute Gasteiger partial charge is 0.481 e. The van der Waals surface area contributed by atoms with E-state index >= 15 is 0 Å². The molecule has 2 aromatic carbocycles. The number of halogens is 2. The molecule has 3 amide bonds. The lowest BCUT2D eigenvalue weighted by Gasteiger charge is -2.23. The van der Waals surface area contributed by atoms with E-state index in [1.807, 2.05) is 0 Å². The number of imide groups is 1. The van der Waals surface area contributed by atoms with E-state index in [-0.39, 0.29) is 16.7 Å². The Labute approximate surface area is 139 Å². The maximum absolute atomic E-state index is 14.1. The highest BCUT2D eigenvalue weighted by Gasteiger charge is 2.55. The molecule has 126 valence electrons. The quantitative estimate of drug-likeness (QED) is 0.722. The summed E-state index contributed by atoms with van der Waals surface area (Å²) in [5.74, 6) is -3.34. The van der Waals surface area contributed by atoms with Crippen LogP contribution in [0, 0.1) is 11.6 Å². The van der Waals surface area contributed by atoms with E-state index in [1.54, 1.807) is 0 Å². The lowest BCUT2D eigenvalue weighted by Crippen LogP contribution is -2.43. The topological polar surface area (TPSA) is 95.5 Å². The van der Waals surface area contributed by atoms with Gasteiger partial charge in [-0.1, -0.05) is 6.07 Å². The van der Waals surface area contributed by atoms with Crippen molar-refractivity contribution in [1.82, 2.24) is 10.6 Å². The first-order valence-corrected chi connectivity index (χ1v) is 7.31. The lowest BCUT2D eigenvalue weighted by molar-refractivity contribution is -0.136. The minimum absolute atomic E-state index is 0.0905. The summed E-state index contributed by atoms with van der Waals surface area (Å²) in [6.07, 6.45) is -0.484. The molecule has 2 aromatic rings. The number of fused-ring (bicyclic) bond motifs is 5. The van der Waals surface area contributed by atoms with E-state index in [1.165, 1.54) is 6.07 Å². The number of rotatable bonds is 2. The smallest absolute Gasteiger partial charge is 0.322 e. The SMILES string of the molecule is O=C(O)Cc1cc(F)cc2c1-c1ccc(F)cc1C21NC(=O)NC1=O. The molecule has 1 aliphatic heterocycles. The first kappa shape index (κ1) is 15.3. The highest BCUT2D eigenvalue weighted by Crippen LogP contribution is 2.50. The Morgan fingerprint density at radius 1 is 1.08 bits per heavy atom. The lowest BCUT2D eigenvalue weighted by atomic mass is 9.87. The van der Waals surface area contributed by atoms with E-state index in [0.29, 0.717) is 11.1 Å². The fraction of sp³-hybridized carbons (Fsp3) is 0.118. The van der Waals surface area contributed by atoms with Gasteiger partial charge in [-0.15, -0.1) is 0 Å². The zero-order valence-electron chi connectivity index (χ0n) is 12.5. The third-order valence-electron chi connectivity index (χ3n) is 4.45. The fourth-order valence-electron chi connectivity index (χ4n) is 3.60. The minimum atomic E-state index is -1.78. The fourth-order valence-corrected chi connectivity index (χ4v) is 3.60. The molecule has 0 radical (unpaired) electrons. The second-order valence-corrected chi connectivity index (χ2v) is 5.91. The third kappa shape index (κ3) is 1.97. The van der Waals surface area contributed by atoms with Crippen LogP contribution in [0.5, 0.6) is 0 Å². The summed E-state index contributed by atoms with van der Waals surface area (Å²) in [4.78, 5) is 35.4. The summed E-state index contributed by atoms with van der Waals surface area (Å²) in [5, 5.41) is 13.6. The Balaban J connectivity index is 2.11. The highest BCUT2D eigenvalue weighted by atomic mass is 19.1. The van der Waals surface area contributed by atoms with Gasteiger partial charge in [0, 0.05) is 11.1 Å². The summed E-state index contributed by atoms with van der Waals surface area (Å²) in [6.45, 7) is 0. The van der Waals surface area contributed by atoms with Crippen molar-refractivity contribution in [2.24, 2.45) is 0 Å². The number of benzene rings is 2. The second kappa shape index (κ2) is 4.85. The molecular weight excluding hydrogens is 334 g/mol. The first-order chi connectivity index (χ1) is 11.8. The molecule has 1 spiro atoms. The molecule has 2 aliphatic rings. The van der Waals surface area contributed by atoms with E-state index < -0.39 is 41.5 Å². The number of carboxylic acid groups (broad SMARTS) is 1. The van der Waals surface area contributed by atoms with Gasteiger partial charge in [0.1, 0.15) is 11.6 Å².